The Labute approximate surface area is 289 Å². The highest BCUT2D eigenvalue weighted by Gasteiger charge is 2.57. The Bertz CT molecular complexity index is 1170. The number of hydrogen-bond acceptors (Lipinski definition) is 20. The van der Waals surface area contributed by atoms with Gasteiger partial charge in [0.2, 0.25) is 5.91 Å². The molecule has 3 heterocycles. The Morgan fingerprint density at radius 3 is 2.27 bits per heavy atom. The summed E-state index contributed by atoms with van der Waals surface area (Å²) < 4.78 is 37.7. The number of azide groups is 1. The lowest BCUT2D eigenvalue weighted by Crippen LogP contribution is -2.69. The van der Waals surface area contributed by atoms with Crippen LogP contribution in [-0.4, -0.2) is 212 Å². The topological polar surface area (TPSA) is 382 Å². The van der Waals surface area contributed by atoms with Crippen LogP contribution in [0.4, 0.5) is 0 Å². The van der Waals surface area contributed by atoms with Gasteiger partial charge < -0.3 is 94.6 Å². The number of rotatable bonds is 18. The fourth-order valence-electron chi connectivity index (χ4n) is 5.68. The van der Waals surface area contributed by atoms with E-state index in [1.54, 1.807) is 0 Å². The zero-order valence-corrected chi connectivity index (χ0v) is 27.3. The third-order valence-corrected chi connectivity index (χ3v) is 8.43. The van der Waals surface area contributed by atoms with Gasteiger partial charge in [0.15, 0.2) is 12.6 Å². The van der Waals surface area contributed by atoms with Crippen LogP contribution in [0.3, 0.4) is 0 Å². The molecule has 3 saturated heterocycles. The third-order valence-electron chi connectivity index (χ3n) is 8.43. The second kappa shape index (κ2) is 19.6. The van der Waals surface area contributed by atoms with E-state index >= 15 is 0 Å². The van der Waals surface area contributed by atoms with Crippen LogP contribution in [0.15, 0.2) is 5.11 Å². The zero-order valence-electron chi connectivity index (χ0n) is 27.3. The van der Waals surface area contributed by atoms with Crippen LogP contribution >= 0.6 is 0 Å². The molecule has 3 aliphatic rings. The Kier molecular flexibility index (Phi) is 16.5. The lowest BCUT2D eigenvalue weighted by molar-refractivity contribution is -0.367. The number of carbonyl (C=O) groups is 2. The molecule has 0 radical (unpaired) electrons. The number of methoxy groups -OCH3 is 1. The molecule has 0 spiro atoms. The molecule has 0 aromatic carbocycles. The second-order valence-electron chi connectivity index (χ2n) is 12.0. The first-order valence-corrected chi connectivity index (χ1v) is 15.7. The number of nitrogens with one attached hydrogen (secondary N) is 1. The Morgan fingerprint density at radius 2 is 1.67 bits per heavy atom. The summed E-state index contributed by atoms with van der Waals surface area (Å²) in [5, 5.41) is 120. The van der Waals surface area contributed by atoms with Gasteiger partial charge in [-0.3, -0.25) is 4.79 Å². The monoisotopic (exact) mass is 746 g/mol. The maximum Gasteiger partial charge on any atom is 0.364 e. The van der Waals surface area contributed by atoms with Gasteiger partial charge >= 0.3 is 5.97 Å². The molecule has 12 N–H and O–H groups in total. The highest BCUT2D eigenvalue weighted by molar-refractivity contribution is 5.78. The van der Waals surface area contributed by atoms with Crippen LogP contribution in [0, 0.1) is 0 Å². The molecular weight excluding hydrogens is 700 g/mol. The van der Waals surface area contributed by atoms with Gasteiger partial charge in [0.05, 0.1) is 32.0 Å². The average Bonchev–Trinajstić information content (AvgIpc) is 3.10. The molecule has 3 rings (SSSR count). The van der Waals surface area contributed by atoms with Crippen LogP contribution in [0.5, 0.6) is 0 Å². The molecule has 0 bridgehead atoms. The molecule has 51 heavy (non-hydrogen) atoms. The van der Waals surface area contributed by atoms with E-state index in [9.17, 15) is 65.8 Å². The van der Waals surface area contributed by atoms with Crippen molar-refractivity contribution in [2.24, 2.45) is 5.11 Å². The van der Waals surface area contributed by atoms with Gasteiger partial charge in [-0.05, 0) is 12.0 Å². The Morgan fingerprint density at radius 1 is 1.00 bits per heavy atom. The molecule has 24 nitrogen and oxygen atoms in total. The molecule has 24 heteroatoms. The van der Waals surface area contributed by atoms with E-state index in [2.05, 4.69) is 15.3 Å². The smallest absolute Gasteiger partial charge is 0.364 e. The predicted molar refractivity (Wildman–Crippen MR) is 159 cm³/mol. The molecule has 0 aromatic rings. The number of hydrogen-bond donors (Lipinski definition) is 12. The molecule has 3 fully saturated rings. The van der Waals surface area contributed by atoms with E-state index in [1.165, 1.54) is 7.11 Å². The van der Waals surface area contributed by atoms with Crippen LogP contribution in [-0.2, 0) is 42.7 Å². The number of nitrogens with zero attached hydrogens (tertiary/aromatic N) is 3. The highest BCUT2D eigenvalue weighted by Crippen LogP contribution is 2.35. The first-order chi connectivity index (χ1) is 24.2. The number of amides is 1. The van der Waals surface area contributed by atoms with Gasteiger partial charge in [-0.25, -0.2) is 4.79 Å². The van der Waals surface area contributed by atoms with E-state index in [4.69, 9.17) is 38.7 Å². The predicted octanol–water partition coefficient (Wildman–Crippen LogP) is -6.87. The van der Waals surface area contributed by atoms with Gasteiger partial charge in [0.25, 0.3) is 5.79 Å². The van der Waals surface area contributed by atoms with Crippen molar-refractivity contribution in [3.63, 3.8) is 0 Å². The normalized spacial score (nSPS) is 39.8. The largest absolute Gasteiger partial charge is 0.477 e. The highest BCUT2D eigenvalue weighted by atomic mass is 16.8. The number of carboxylic acids is 1. The minimum Gasteiger partial charge on any atom is -0.477 e. The summed E-state index contributed by atoms with van der Waals surface area (Å²) in [7, 11) is 1.19. The molecular formula is C27H46N4O20. The second-order valence-corrected chi connectivity index (χ2v) is 12.0. The van der Waals surface area contributed by atoms with Crippen molar-refractivity contribution in [2.75, 3.05) is 46.7 Å². The summed E-state index contributed by atoms with van der Waals surface area (Å²) in [6.45, 7) is -3.37. The van der Waals surface area contributed by atoms with Crippen LogP contribution in [0.25, 0.3) is 10.4 Å². The first-order valence-electron chi connectivity index (χ1n) is 15.7. The van der Waals surface area contributed by atoms with Crippen LogP contribution < -0.4 is 5.32 Å². The lowest BCUT2D eigenvalue weighted by Gasteiger charge is -2.48. The maximum atomic E-state index is 12.5. The first kappa shape index (κ1) is 43.0. The Balaban J connectivity index is 1.77. The zero-order chi connectivity index (χ0) is 38.0. The molecule has 1 amide bonds. The SMILES string of the molecule is COCC(=O)N[C@H]1[C@H]([C@H](O)[C@H](O)CO)O[C@@](OC[C@H]2O[C@@H](O[C@H]3[C@H](O)[C@@H](O)[C@H](OCCCN=[N+]=[N-])O[C@@H]3CO)[C@H](O)[C@@H](O)[C@H]2O)(C(=O)O)C[C@@H]1O. The molecule has 16 atom stereocenters. The molecule has 0 saturated carbocycles. The van der Waals surface area contributed by atoms with E-state index < -0.39 is 142 Å². The van der Waals surface area contributed by atoms with Crippen LogP contribution in [0.1, 0.15) is 12.8 Å². The van der Waals surface area contributed by atoms with Crippen molar-refractivity contribution in [3.05, 3.63) is 10.4 Å². The summed E-state index contributed by atoms with van der Waals surface area (Å²) in [5.41, 5.74) is 8.36. The minimum atomic E-state index is -2.88. The number of carboxylic acid groups (broad SMARTS) is 1. The van der Waals surface area contributed by atoms with Crippen molar-refractivity contribution in [3.8, 4) is 0 Å². The maximum absolute atomic E-state index is 12.5. The van der Waals surface area contributed by atoms with E-state index in [1.807, 2.05) is 0 Å². The van der Waals surface area contributed by atoms with E-state index in [0.29, 0.717) is 0 Å². The minimum absolute atomic E-state index is 0.0658. The van der Waals surface area contributed by atoms with Crippen molar-refractivity contribution < 1.29 is 98.9 Å². The number of aliphatic carboxylic acids is 1. The summed E-state index contributed by atoms with van der Waals surface area (Å²) in [6, 6.07) is -1.56. The molecule has 294 valence electrons. The lowest BCUT2D eigenvalue weighted by atomic mass is 9.88. The van der Waals surface area contributed by atoms with Crippen molar-refractivity contribution >= 4 is 11.9 Å². The van der Waals surface area contributed by atoms with Gasteiger partial charge in [0, 0.05) is 31.6 Å². The molecule has 0 aliphatic carbocycles. The standard InChI is InChI=1S/C27H46N4O20/c1-45-9-14(36)30-15-10(34)5-27(26(43)44,51-23(15)16(37)11(35)6-32)47-8-13-17(38)18(39)20(41)25(49-13)50-22-12(7-33)48-24(21(42)19(22)40)46-4-2-3-29-31-28/h10-13,15-25,32-35,37-42H,2-9H2,1H3,(H,30,36)(H,43,44)/t10-,11+,12+,13+,15+,16+,17-,18-,19+,20+,21+,22+,23+,24+,25-,27+/m0/s1. The number of carbonyl (C=O) groups excluding carboxylic acids is 1. The quantitative estimate of drug-likeness (QED) is 0.0268. The van der Waals surface area contributed by atoms with Crippen LogP contribution in [0.2, 0.25) is 0 Å². The fraction of sp³-hybridized carbons (Fsp3) is 0.926. The van der Waals surface area contributed by atoms with Crippen molar-refractivity contribution in [1.82, 2.24) is 5.32 Å². The van der Waals surface area contributed by atoms with Crippen molar-refractivity contribution in [2.45, 2.75) is 110 Å². The van der Waals surface area contributed by atoms with Gasteiger partial charge in [-0.1, -0.05) is 5.11 Å². The van der Waals surface area contributed by atoms with E-state index in [0.717, 1.165) is 0 Å². The van der Waals surface area contributed by atoms with Gasteiger partial charge in [-0.2, -0.15) is 0 Å². The Hall–Kier alpha value is -2.43. The molecule has 0 aromatic heterocycles. The molecule has 0 unspecified atom stereocenters. The van der Waals surface area contributed by atoms with Gasteiger partial charge in [0.1, 0.15) is 73.8 Å². The van der Waals surface area contributed by atoms with E-state index in [-0.39, 0.29) is 19.6 Å². The van der Waals surface area contributed by atoms with Gasteiger partial charge in [-0.15, -0.1) is 0 Å². The summed E-state index contributed by atoms with van der Waals surface area (Å²) in [5.74, 6) is -5.59. The number of aliphatic hydroxyl groups is 10. The number of ether oxygens (including phenoxy) is 7. The van der Waals surface area contributed by atoms with Crippen molar-refractivity contribution in [1.29, 1.82) is 0 Å². The number of aliphatic hydroxyl groups excluding tert-OH is 10. The fourth-order valence-corrected chi connectivity index (χ4v) is 5.68. The average molecular weight is 747 g/mol. The summed E-state index contributed by atoms with van der Waals surface area (Å²) in [6.07, 6.45) is -26.5. The summed E-state index contributed by atoms with van der Waals surface area (Å²) in [4.78, 5) is 27.3. The summed E-state index contributed by atoms with van der Waals surface area (Å²) >= 11 is 0. The molecule has 3 aliphatic heterocycles. The third kappa shape index (κ3) is 10.4.